The zero-order valence-corrected chi connectivity index (χ0v) is 13.3. The minimum absolute atomic E-state index is 0.0760. The first-order chi connectivity index (χ1) is 11.8. The molecular formula is C16H19N5O3. The third-order valence-corrected chi connectivity index (χ3v) is 4.22. The number of carbonyl (C=O) groups excluding carboxylic acids is 1. The Balaban J connectivity index is 1.43. The summed E-state index contributed by atoms with van der Waals surface area (Å²) in [5.74, 6) is 1.09. The minimum atomic E-state index is -0.0760. The van der Waals surface area contributed by atoms with Crippen molar-refractivity contribution in [1.82, 2.24) is 24.6 Å². The largest absolute Gasteiger partial charge is 0.478 e. The average molecular weight is 329 g/mol. The molecule has 4 rings (SSSR count). The van der Waals surface area contributed by atoms with Gasteiger partial charge in [-0.2, -0.15) is 5.10 Å². The van der Waals surface area contributed by atoms with Crippen molar-refractivity contribution in [2.24, 2.45) is 0 Å². The molecule has 1 atom stereocenters. The Kier molecular flexibility index (Phi) is 4.02. The summed E-state index contributed by atoms with van der Waals surface area (Å²) < 4.78 is 13.1. The number of ether oxygens (including phenoxy) is 2. The lowest BCUT2D eigenvalue weighted by atomic mass is 10.1. The average Bonchev–Trinajstić information content (AvgIpc) is 3.06. The third-order valence-electron chi connectivity index (χ3n) is 4.22. The number of nitrogens with zero attached hydrogens (tertiary/aromatic N) is 5. The summed E-state index contributed by atoms with van der Waals surface area (Å²) in [6, 6.07) is 1.73. The lowest BCUT2D eigenvalue weighted by Gasteiger charge is -2.32. The van der Waals surface area contributed by atoms with E-state index in [0.717, 1.165) is 25.8 Å². The quantitative estimate of drug-likeness (QED) is 0.840. The van der Waals surface area contributed by atoms with Crippen LogP contribution in [0.3, 0.4) is 0 Å². The minimum Gasteiger partial charge on any atom is -0.478 e. The summed E-state index contributed by atoms with van der Waals surface area (Å²) in [5.41, 5.74) is 0.437. The second-order valence-corrected chi connectivity index (χ2v) is 5.97. The van der Waals surface area contributed by atoms with Gasteiger partial charge in [0.1, 0.15) is 6.10 Å². The Morgan fingerprint density at radius 3 is 3.08 bits per heavy atom. The van der Waals surface area contributed by atoms with Crippen LogP contribution in [0.15, 0.2) is 24.7 Å². The monoisotopic (exact) mass is 329 g/mol. The molecule has 0 aliphatic carbocycles. The van der Waals surface area contributed by atoms with Gasteiger partial charge in [0.05, 0.1) is 19.3 Å². The molecule has 0 radical (unpaired) electrons. The van der Waals surface area contributed by atoms with Crippen LogP contribution in [0.4, 0.5) is 0 Å². The van der Waals surface area contributed by atoms with E-state index in [-0.39, 0.29) is 12.0 Å². The Labute approximate surface area is 139 Å². The van der Waals surface area contributed by atoms with Crippen LogP contribution in [0.1, 0.15) is 29.8 Å². The smallest absolute Gasteiger partial charge is 0.274 e. The van der Waals surface area contributed by atoms with Crippen LogP contribution in [0, 0.1) is 0 Å². The normalized spacial score (nSPS) is 20.2. The molecule has 4 heterocycles. The number of aryl methyl sites for hydroxylation is 1. The molecule has 0 aromatic carbocycles. The molecule has 8 heteroatoms. The standard InChI is InChI=1S/C16H19N5O3/c22-16(13-9-15-21(19-13)7-2-8-23-15)20-6-1-3-12(11-20)24-14-10-17-4-5-18-14/h4-5,9-10,12H,1-3,6-8,11H2/t12-/m1/s1. The van der Waals surface area contributed by atoms with Crippen LogP contribution >= 0.6 is 0 Å². The third kappa shape index (κ3) is 3.04. The highest BCUT2D eigenvalue weighted by Crippen LogP contribution is 2.22. The highest BCUT2D eigenvalue weighted by molar-refractivity contribution is 5.92. The van der Waals surface area contributed by atoms with E-state index >= 15 is 0 Å². The van der Waals surface area contributed by atoms with E-state index in [9.17, 15) is 4.79 Å². The van der Waals surface area contributed by atoms with E-state index in [1.165, 1.54) is 0 Å². The van der Waals surface area contributed by atoms with Gasteiger partial charge in [-0.1, -0.05) is 0 Å². The molecule has 0 bridgehead atoms. The van der Waals surface area contributed by atoms with E-state index < -0.39 is 0 Å². The summed E-state index contributed by atoms with van der Waals surface area (Å²) in [6.07, 6.45) is 7.40. The van der Waals surface area contributed by atoms with Crippen LogP contribution in [0.2, 0.25) is 0 Å². The van der Waals surface area contributed by atoms with Gasteiger partial charge in [0.2, 0.25) is 11.8 Å². The van der Waals surface area contributed by atoms with Crippen molar-refractivity contribution in [2.75, 3.05) is 19.7 Å². The van der Waals surface area contributed by atoms with E-state index in [2.05, 4.69) is 15.1 Å². The fourth-order valence-corrected chi connectivity index (χ4v) is 3.07. The molecule has 1 fully saturated rings. The molecule has 1 amide bonds. The lowest BCUT2D eigenvalue weighted by molar-refractivity contribution is 0.0521. The van der Waals surface area contributed by atoms with Crippen molar-refractivity contribution in [1.29, 1.82) is 0 Å². The number of hydrogen-bond acceptors (Lipinski definition) is 6. The second-order valence-electron chi connectivity index (χ2n) is 5.97. The second kappa shape index (κ2) is 6.46. The fraction of sp³-hybridized carbons (Fsp3) is 0.500. The maximum atomic E-state index is 12.7. The van der Waals surface area contributed by atoms with Gasteiger partial charge in [-0.05, 0) is 12.8 Å². The van der Waals surface area contributed by atoms with Gasteiger partial charge in [0, 0.05) is 38.0 Å². The Morgan fingerprint density at radius 2 is 2.25 bits per heavy atom. The number of fused-ring (bicyclic) bond motifs is 1. The zero-order chi connectivity index (χ0) is 16.4. The highest BCUT2D eigenvalue weighted by atomic mass is 16.5. The Bertz CT molecular complexity index is 694. The molecule has 2 aliphatic rings. The number of aromatic nitrogens is 4. The highest BCUT2D eigenvalue weighted by Gasteiger charge is 2.28. The van der Waals surface area contributed by atoms with Crippen LogP contribution in [-0.4, -0.2) is 56.4 Å². The number of carbonyl (C=O) groups is 1. The van der Waals surface area contributed by atoms with Crippen molar-refractivity contribution in [2.45, 2.75) is 31.9 Å². The van der Waals surface area contributed by atoms with E-state index in [1.807, 2.05) is 0 Å². The number of hydrogen-bond donors (Lipinski definition) is 0. The maximum absolute atomic E-state index is 12.7. The van der Waals surface area contributed by atoms with E-state index in [1.54, 1.807) is 34.2 Å². The molecule has 0 saturated carbocycles. The van der Waals surface area contributed by atoms with Gasteiger partial charge < -0.3 is 14.4 Å². The topological polar surface area (TPSA) is 82.4 Å². The van der Waals surface area contributed by atoms with Gasteiger partial charge in [-0.15, -0.1) is 0 Å². The summed E-state index contributed by atoms with van der Waals surface area (Å²) in [7, 11) is 0. The van der Waals surface area contributed by atoms with Crippen molar-refractivity contribution in [3.63, 3.8) is 0 Å². The first kappa shape index (κ1) is 14.9. The molecule has 8 nitrogen and oxygen atoms in total. The van der Waals surface area contributed by atoms with E-state index in [0.29, 0.717) is 37.2 Å². The van der Waals surface area contributed by atoms with Crippen molar-refractivity contribution >= 4 is 5.91 Å². The number of rotatable bonds is 3. The molecule has 2 aliphatic heterocycles. The molecule has 126 valence electrons. The lowest BCUT2D eigenvalue weighted by Crippen LogP contribution is -2.44. The summed E-state index contributed by atoms with van der Waals surface area (Å²) in [4.78, 5) is 22.6. The molecule has 1 saturated heterocycles. The maximum Gasteiger partial charge on any atom is 0.274 e. The molecule has 0 spiro atoms. The van der Waals surface area contributed by atoms with Crippen LogP contribution in [0.5, 0.6) is 11.8 Å². The molecule has 0 N–H and O–H groups in total. The van der Waals surface area contributed by atoms with E-state index in [4.69, 9.17) is 9.47 Å². The van der Waals surface area contributed by atoms with Gasteiger partial charge in [0.15, 0.2) is 5.69 Å². The predicted molar refractivity (Wildman–Crippen MR) is 83.9 cm³/mol. The van der Waals surface area contributed by atoms with Gasteiger partial charge in [-0.25, -0.2) is 9.67 Å². The van der Waals surface area contributed by atoms with Gasteiger partial charge >= 0.3 is 0 Å². The van der Waals surface area contributed by atoms with Crippen LogP contribution in [-0.2, 0) is 6.54 Å². The summed E-state index contributed by atoms with van der Waals surface area (Å²) >= 11 is 0. The first-order valence-electron chi connectivity index (χ1n) is 8.22. The number of likely N-dealkylation sites (tertiary alicyclic amines) is 1. The zero-order valence-electron chi connectivity index (χ0n) is 13.3. The molecule has 24 heavy (non-hydrogen) atoms. The fourth-order valence-electron chi connectivity index (χ4n) is 3.07. The number of piperidine rings is 1. The molecular weight excluding hydrogens is 310 g/mol. The SMILES string of the molecule is O=C(c1cc2n(n1)CCCO2)N1CCC[C@@H](Oc2cnccn2)C1. The predicted octanol–water partition coefficient (Wildman–Crippen LogP) is 1.14. The Hall–Kier alpha value is -2.64. The molecule has 0 unspecified atom stereocenters. The first-order valence-corrected chi connectivity index (χ1v) is 8.22. The Morgan fingerprint density at radius 1 is 1.29 bits per heavy atom. The summed E-state index contributed by atoms with van der Waals surface area (Å²) in [6.45, 7) is 2.71. The van der Waals surface area contributed by atoms with Crippen LogP contribution in [0.25, 0.3) is 0 Å². The van der Waals surface area contributed by atoms with Gasteiger partial charge in [0.25, 0.3) is 5.91 Å². The molecule has 2 aromatic rings. The summed E-state index contributed by atoms with van der Waals surface area (Å²) in [5, 5.41) is 4.37. The van der Waals surface area contributed by atoms with Crippen molar-refractivity contribution in [3.8, 4) is 11.8 Å². The van der Waals surface area contributed by atoms with Crippen molar-refractivity contribution < 1.29 is 14.3 Å². The number of amides is 1. The van der Waals surface area contributed by atoms with Crippen LogP contribution < -0.4 is 9.47 Å². The van der Waals surface area contributed by atoms with Crippen molar-refractivity contribution in [3.05, 3.63) is 30.4 Å². The van der Waals surface area contributed by atoms with Gasteiger partial charge in [-0.3, -0.25) is 9.78 Å². The molecule has 2 aromatic heterocycles.